The van der Waals surface area contributed by atoms with Crippen LogP contribution in [0.4, 0.5) is 10.5 Å². The standard InChI is InChI=1S/C9H8N4O2S/c10-8(14)7-5-12-13(9(15)16-7)6-2-1-3-11-4-6/h1-5,7H,(H2,10,14). The summed E-state index contributed by atoms with van der Waals surface area (Å²) in [6, 6.07) is 3.40. The first kappa shape index (κ1) is 10.6. The van der Waals surface area contributed by atoms with E-state index in [2.05, 4.69) is 10.1 Å². The van der Waals surface area contributed by atoms with Crippen LogP contribution >= 0.6 is 11.8 Å². The largest absolute Gasteiger partial charge is 0.368 e. The number of rotatable bonds is 2. The lowest BCUT2D eigenvalue weighted by atomic mass is 10.4. The molecule has 0 saturated carbocycles. The molecule has 2 rings (SSSR count). The molecule has 2 N–H and O–H groups in total. The molecule has 0 aromatic carbocycles. The van der Waals surface area contributed by atoms with Gasteiger partial charge in [-0.3, -0.25) is 14.6 Å². The number of hydrazone groups is 1. The maximum absolute atomic E-state index is 11.6. The fraction of sp³-hybridized carbons (Fsp3) is 0.111. The van der Waals surface area contributed by atoms with Crippen molar-refractivity contribution in [3.05, 3.63) is 24.5 Å². The Morgan fingerprint density at radius 3 is 2.94 bits per heavy atom. The minimum absolute atomic E-state index is 0.348. The number of nitrogens with two attached hydrogens (primary N) is 1. The van der Waals surface area contributed by atoms with E-state index >= 15 is 0 Å². The van der Waals surface area contributed by atoms with Crippen molar-refractivity contribution in [3.63, 3.8) is 0 Å². The van der Waals surface area contributed by atoms with Crippen molar-refractivity contribution in [2.24, 2.45) is 10.8 Å². The van der Waals surface area contributed by atoms with Gasteiger partial charge in [0, 0.05) is 12.4 Å². The van der Waals surface area contributed by atoms with Crippen LogP contribution in [0.2, 0.25) is 0 Å². The molecule has 82 valence electrons. The second-order valence-electron chi connectivity index (χ2n) is 2.99. The van der Waals surface area contributed by atoms with E-state index in [9.17, 15) is 9.59 Å². The Balaban J connectivity index is 2.24. The molecule has 7 heteroatoms. The fourth-order valence-electron chi connectivity index (χ4n) is 1.15. The number of carbonyl (C=O) groups is 2. The molecule has 6 nitrogen and oxygen atoms in total. The van der Waals surface area contributed by atoms with Crippen LogP contribution in [0.25, 0.3) is 0 Å². The molecule has 1 aliphatic heterocycles. The zero-order valence-corrected chi connectivity index (χ0v) is 8.92. The quantitative estimate of drug-likeness (QED) is 0.814. The van der Waals surface area contributed by atoms with E-state index in [1.165, 1.54) is 17.4 Å². The average molecular weight is 236 g/mol. The van der Waals surface area contributed by atoms with Crippen molar-refractivity contribution in [3.8, 4) is 0 Å². The smallest absolute Gasteiger partial charge is 0.307 e. The Kier molecular flexibility index (Phi) is 2.86. The number of aromatic nitrogens is 1. The van der Waals surface area contributed by atoms with Crippen LogP contribution < -0.4 is 10.7 Å². The first-order chi connectivity index (χ1) is 7.68. The van der Waals surface area contributed by atoms with E-state index in [4.69, 9.17) is 5.73 Å². The van der Waals surface area contributed by atoms with E-state index < -0.39 is 11.2 Å². The van der Waals surface area contributed by atoms with Crippen LogP contribution in [-0.4, -0.2) is 27.6 Å². The Hall–Kier alpha value is -1.89. The normalized spacial score (nSPS) is 19.9. The lowest BCUT2D eigenvalue weighted by Gasteiger charge is -2.21. The van der Waals surface area contributed by atoms with E-state index in [0.717, 1.165) is 11.8 Å². The van der Waals surface area contributed by atoms with Crippen molar-refractivity contribution >= 4 is 34.8 Å². The topological polar surface area (TPSA) is 88.7 Å². The molecule has 0 aliphatic carbocycles. The molecule has 2 amide bonds. The predicted molar refractivity (Wildman–Crippen MR) is 61.2 cm³/mol. The van der Waals surface area contributed by atoms with Crippen LogP contribution in [0.3, 0.4) is 0 Å². The summed E-state index contributed by atoms with van der Waals surface area (Å²) in [5.74, 6) is -0.576. The zero-order chi connectivity index (χ0) is 11.5. The number of carbonyl (C=O) groups excluding carboxylic acids is 2. The summed E-state index contributed by atoms with van der Waals surface area (Å²) in [5, 5.41) is 4.02. The molecule has 1 aliphatic rings. The second-order valence-corrected chi connectivity index (χ2v) is 4.09. The van der Waals surface area contributed by atoms with Gasteiger partial charge in [-0.15, -0.1) is 0 Å². The molecule has 0 fully saturated rings. The number of anilines is 1. The third kappa shape index (κ3) is 2.03. The molecule has 1 aromatic rings. The number of nitrogens with zero attached hydrogens (tertiary/aromatic N) is 3. The predicted octanol–water partition coefficient (Wildman–Crippen LogP) is 0.594. The Labute approximate surface area is 95.5 Å². The van der Waals surface area contributed by atoms with E-state index in [-0.39, 0.29) is 5.24 Å². The molecule has 0 radical (unpaired) electrons. The molecule has 1 aromatic heterocycles. The van der Waals surface area contributed by atoms with Gasteiger partial charge < -0.3 is 5.73 Å². The van der Waals surface area contributed by atoms with Gasteiger partial charge in [0.1, 0.15) is 5.25 Å². The lowest BCUT2D eigenvalue weighted by molar-refractivity contribution is -0.116. The summed E-state index contributed by atoms with van der Waals surface area (Å²) in [6.07, 6.45) is 4.46. The first-order valence-electron chi connectivity index (χ1n) is 4.42. The highest BCUT2D eigenvalue weighted by atomic mass is 32.2. The molecule has 2 heterocycles. The molecule has 0 saturated heterocycles. The first-order valence-corrected chi connectivity index (χ1v) is 5.30. The molecule has 16 heavy (non-hydrogen) atoms. The van der Waals surface area contributed by atoms with Crippen LogP contribution in [0, 0.1) is 0 Å². The van der Waals surface area contributed by atoms with Gasteiger partial charge in [0.2, 0.25) is 5.91 Å². The summed E-state index contributed by atoms with van der Waals surface area (Å²) in [7, 11) is 0. The van der Waals surface area contributed by atoms with Gasteiger partial charge in [-0.2, -0.15) is 10.1 Å². The zero-order valence-electron chi connectivity index (χ0n) is 8.11. The van der Waals surface area contributed by atoms with Crippen molar-refractivity contribution < 1.29 is 9.59 Å². The molecular formula is C9H8N4O2S. The highest BCUT2D eigenvalue weighted by molar-refractivity contribution is 8.15. The lowest BCUT2D eigenvalue weighted by Crippen LogP contribution is -2.36. The summed E-state index contributed by atoms with van der Waals surface area (Å²) < 4.78 is 0. The van der Waals surface area contributed by atoms with Gasteiger partial charge in [0.15, 0.2) is 0 Å². The third-order valence-electron chi connectivity index (χ3n) is 1.89. The highest BCUT2D eigenvalue weighted by Gasteiger charge is 2.28. The number of primary amides is 1. The minimum atomic E-state index is -0.694. The number of thioether (sulfide) groups is 1. The molecule has 0 bridgehead atoms. The van der Waals surface area contributed by atoms with Gasteiger partial charge in [-0.1, -0.05) is 0 Å². The molecule has 1 atom stereocenters. The number of hydrogen-bond acceptors (Lipinski definition) is 5. The Bertz CT molecular complexity index is 448. The van der Waals surface area contributed by atoms with Crippen molar-refractivity contribution in [1.29, 1.82) is 0 Å². The summed E-state index contributed by atoms with van der Waals surface area (Å²) in [4.78, 5) is 26.4. The van der Waals surface area contributed by atoms with Gasteiger partial charge in [0.05, 0.1) is 11.9 Å². The Morgan fingerprint density at radius 2 is 2.38 bits per heavy atom. The van der Waals surface area contributed by atoms with Crippen LogP contribution in [0.15, 0.2) is 29.6 Å². The SMILES string of the molecule is NC(=O)C1C=NN(c2cccnc2)C(=O)S1. The highest BCUT2D eigenvalue weighted by Crippen LogP contribution is 2.24. The van der Waals surface area contributed by atoms with Crippen molar-refractivity contribution in [2.75, 3.05) is 5.01 Å². The summed E-state index contributed by atoms with van der Waals surface area (Å²) in [5.41, 5.74) is 5.63. The van der Waals surface area contributed by atoms with Crippen molar-refractivity contribution in [2.45, 2.75) is 5.25 Å². The van der Waals surface area contributed by atoms with E-state index in [0.29, 0.717) is 5.69 Å². The van der Waals surface area contributed by atoms with Crippen molar-refractivity contribution in [1.82, 2.24) is 4.98 Å². The summed E-state index contributed by atoms with van der Waals surface area (Å²) in [6.45, 7) is 0. The van der Waals surface area contributed by atoms with E-state index in [1.807, 2.05) is 0 Å². The summed E-state index contributed by atoms with van der Waals surface area (Å²) >= 11 is 0.833. The van der Waals surface area contributed by atoms with Gasteiger partial charge in [-0.05, 0) is 23.9 Å². The Morgan fingerprint density at radius 1 is 1.56 bits per heavy atom. The third-order valence-corrected chi connectivity index (χ3v) is 2.87. The number of amides is 2. The molecular weight excluding hydrogens is 228 g/mol. The van der Waals surface area contributed by atoms with Gasteiger partial charge in [0.25, 0.3) is 0 Å². The van der Waals surface area contributed by atoms with Gasteiger partial charge >= 0.3 is 5.24 Å². The van der Waals surface area contributed by atoms with Crippen LogP contribution in [0.1, 0.15) is 0 Å². The molecule has 1 unspecified atom stereocenters. The number of hydrogen-bond donors (Lipinski definition) is 1. The van der Waals surface area contributed by atoms with E-state index in [1.54, 1.807) is 18.3 Å². The average Bonchev–Trinajstić information content (AvgIpc) is 2.30. The fourth-order valence-corrected chi connectivity index (χ4v) is 1.85. The maximum Gasteiger partial charge on any atom is 0.307 e. The second kappa shape index (κ2) is 4.31. The van der Waals surface area contributed by atoms with Crippen LogP contribution in [-0.2, 0) is 4.79 Å². The maximum atomic E-state index is 11.6. The molecule has 0 spiro atoms. The van der Waals surface area contributed by atoms with Crippen LogP contribution in [0.5, 0.6) is 0 Å². The van der Waals surface area contributed by atoms with Gasteiger partial charge in [-0.25, -0.2) is 0 Å². The monoisotopic (exact) mass is 236 g/mol. The number of pyridine rings is 1. The minimum Gasteiger partial charge on any atom is -0.368 e.